The van der Waals surface area contributed by atoms with E-state index in [0.717, 1.165) is 29.3 Å². The molecule has 1 amide bonds. The van der Waals surface area contributed by atoms with Gasteiger partial charge < -0.3 is 20.1 Å². The molecule has 0 saturated carbocycles. The minimum absolute atomic E-state index is 0.00770. The highest BCUT2D eigenvalue weighted by Crippen LogP contribution is 2.29. The maximum Gasteiger partial charge on any atom is 0.316 e. The van der Waals surface area contributed by atoms with Crippen LogP contribution in [0.3, 0.4) is 0 Å². The maximum atomic E-state index is 12.7. The van der Waals surface area contributed by atoms with Gasteiger partial charge in [-0.2, -0.15) is 4.98 Å². The molecular formula is C20H25N5O2. The number of fused-ring (bicyclic) bond motifs is 1. The highest BCUT2D eigenvalue weighted by molar-refractivity contribution is 5.94. The molecule has 0 unspecified atom stereocenters. The van der Waals surface area contributed by atoms with Crippen LogP contribution < -0.4 is 10.6 Å². The van der Waals surface area contributed by atoms with Crippen molar-refractivity contribution in [1.82, 2.24) is 25.8 Å². The van der Waals surface area contributed by atoms with Crippen molar-refractivity contribution in [3.8, 4) is 11.4 Å². The van der Waals surface area contributed by atoms with E-state index in [4.69, 9.17) is 4.52 Å². The lowest BCUT2D eigenvalue weighted by molar-refractivity contribution is 0.0830. The van der Waals surface area contributed by atoms with E-state index in [1.54, 1.807) is 0 Å². The van der Waals surface area contributed by atoms with Crippen molar-refractivity contribution >= 4 is 16.8 Å². The van der Waals surface area contributed by atoms with E-state index in [2.05, 4.69) is 53.5 Å². The normalized spacial score (nSPS) is 19.3. The average molecular weight is 367 g/mol. The molecule has 4 rings (SSSR count). The molecule has 1 aliphatic heterocycles. The number of carbonyl (C=O) groups is 1. The second-order valence-corrected chi connectivity index (χ2v) is 8.64. The Morgan fingerprint density at radius 1 is 1.19 bits per heavy atom. The first-order valence-electron chi connectivity index (χ1n) is 9.23. The van der Waals surface area contributed by atoms with Crippen molar-refractivity contribution in [1.29, 1.82) is 0 Å². The third-order valence-corrected chi connectivity index (χ3v) is 4.98. The summed E-state index contributed by atoms with van der Waals surface area (Å²) >= 11 is 0. The van der Waals surface area contributed by atoms with Gasteiger partial charge in [0.05, 0.1) is 0 Å². The fourth-order valence-corrected chi connectivity index (χ4v) is 4.38. The summed E-state index contributed by atoms with van der Waals surface area (Å²) in [6.45, 7) is 8.59. The van der Waals surface area contributed by atoms with Crippen molar-refractivity contribution in [3.63, 3.8) is 0 Å². The van der Waals surface area contributed by atoms with Crippen LogP contribution in [-0.4, -0.2) is 38.2 Å². The van der Waals surface area contributed by atoms with E-state index < -0.39 is 0 Å². The number of amides is 1. The first-order valence-corrected chi connectivity index (χ1v) is 9.23. The number of H-pyrrole nitrogens is 1. The molecule has 1 fully saturated rings. The van der Waals surface area contributed by atoms with Gasteiger partial charge in [-0.15, -0.1) is 0 Å². The molecule has 27 heavy (non-hydrogen) atoms. The van der Waals surface area contributed by atoms with E-state index in [-0.39, 0.29) is 28.9 Å². The SMILES string of the molecule is CC1(C)CC(NC(=O)c2nc(-c3cccc4[nH]ccc34)no2)CC(C)(C)N1. The molecule has 1 aromatic carbocycles. The van der Waals surface area contributed by atoms with Gasteiger partial charge in [-0.05, 0) is 52.7 Å². The Hall–Kier alpha value is -2.67. The fraction of sp³-hybridized carbons (Fsp3) is 0.450. The zero-order chi connectivity index (χ0) is 19.2. The Morgan fingerprint density at radius 2 is 1.93 bits per heavy atom. The van der Waals surface area contributed by atoms with Crippen LogP contribution in [0.1, 0.15) is 51.2 Å². The molecule has 0 radical (unpaired) electrons. The summed E-state index contributed by atoms with van der Waals surface area (Å²) in [5.41, 5.74) is 1.72. The second kappa shape index (κ2) is 6.20. The summed E-state index contributed by atoms with van der Waals surface area (Å²) in [4.78, 5) is 20.1. The zero-order valence-electron chi connectivity index (χ0n) is 16.1. The molecule has 142 valence electrons. The lowest BCUT2D eigenvalue weighted by Gasteiger charge is -2.46. The maximum absolute atomic E-state index is 12.7. The second-order valence-electron chi connectivity index (χ2n) is 8.64. The fourth-order valence-electron chi connectivity index (χ4n) is 4.38. The first-order chi connectivity index (χ1) is 12.7. The summed E-state index contributed by atoms with van der Waals surface area (Å²) in [5, 5.41) is 11.7. The van der Waals surface area contributed by atoms with Gasteiger partial charge in [0.2, 0.25) is 5.82 Å². The van der Waals surface area contributed by atoms with Gasteiger partial charge in [0.1, 0.15) is 0 Å². The molecule has 0 bridgehead atoms. The van der Waals surface area contributed by atoms with Gasteiger partial charge in [-0.3, -0.25) is 4.79 Å². The number of nitrogens with zero attached hydrogens (tertiary/aromatic N) is 2. The number of piperidine rings is 1. The molecule has 0 spiro atoms. The molecule has 0 aliphatic carbocycles. The van der Waals surface area contributed by atoms with E-state index in [0.29, 0.717) is 5.82 Å². The topological polar surface area (TPSA) is 95.8 Å². The minimum Gasteiger partial charge on any atom is -0.361 e. The lowest BCUT2D eigenvalue weighted by Crippen LogP contribution is -2.62. The van der Waals surface area contributed by atoms with Crippen molar-refractivity contribution in [3.05, 3.63) is 36.4 Å². The number of carbonyl (C=O) groups excluding carboxylic acids is 1. The Bertz CT molecular complexity index is 969. The largest absolute Gasteiger partial charge is 0.361 e. The van der Waals surface area contributed by atoms with E-state index >= 15 is 0 Å². The summed E-state index contributed by atoms with van der Waals surface area (Å²) in [6.07, 6.45) is 3.54. The summed E-state index contributed by atoms with van der Waals surface area (Å²) in [6, 6.07) is 7.82. The number of nitrogens with one attached hydrogen (secondary N) is 3. The molecule has 3 aromatic rings. The van der Waals surface area contributed by atoms with Crippen LogP contribution >= 0.6 is 0 Å². The standard InChI is InChI=1S/C20H25N5O2/c1-19(2)10-12(11-20(3,4)25-19)22-17(26)18-23-16(24-27-18)14-6-5-7-15-13(14)8-9-21-15/h5-9,12,21,25H,10-11H2,1-4H3,(H,22,26). The van der Waals surface area contributed by atoms with E-state index in [1.165, 1.54) is 0 Å². The first kappa shape index (κ1) is 17.7. The summed E-state index contributed by atoms with van der Waals surface area (Å²) < 4.78 is 5.25. The molecule has 0 atom stereocenters. The lowest BCUT2D eigenvalue weighted by atomic mass is 9.79. The molecule has 1 aliphatic rings. The van der Waals surface area contributed by atoms with Crippen LogP contribution in [0.5, 0.6) is 0 Å². The van der Waals surface area contributed by atoms with E-state index in [9.17, 15) is 4.79 Å². The molecule has 2 aromatic heterocycles. The third-order valence-electron chi connectivity index (χ3n) is 4.98. The molecule has 3 heterocycles. The Labute approximate surface area is 157 Å². The number of hydrogen-bond donors (Lipinski definition) is 3. The van der Waals surface area contributed by atoms with Gasteiger partial charge >= 0.3 is 11.8 Å². The van der Waals surface area contributed by atoms with Crippen LogP contribution in [0.2, 0.25) is 0 Å². The third kappa shape index (κ3) is 3.60. The number of aromatic amines is 1. The van der Waals surface area contributed by atoms with Crippen LogP contribution in [0.25, 0.3) is 22.3 Å². The Morgan fingerprint density at radius 3 is 2.67 bits per heavy atom. The number of hydrogen-bond acceptors (Lipinski definition) is 5. The number of rotatable bonds is 3. The van der Waals surface area contributed by atoms with Gasteiger partial charge in [-0.1, -0.05) is 17.3 Å². The summed E-state index contributed by atoms with van der Waals surface area (Å²) in [5.74, 6) is 0.0801. The zero-order valence-corrected chi connectivity index (χ0v) is 16.1. The Balaban J connectivity index is 1.53. The van der Waals surface area contributed by atoms with Gasteiger partial charge in [-0.25, -0.2) is 0 Å². The molecule has 7 heteroatoms. The molecule has 1 saturated heterocycles. The highest BCUT2D eigenvalue weighted by Gasteiger charge is 2.38. The molecule has 3 N–H and O–H groups in total. The Kier molecular flexibility index (Phi) is 4.07. The average Bonchev–Trinajstić information content (AvgIpc) is 3.20. The monoisotopic (exact) mass is 367 g/mol. The predicted molar refractivity (Wildman–Crippen MR) is 103 cm³/mol. The number of benzene rings is 1. The smallest absolute Gasteiger partial charge is 0.316 e. The van der Waals surface area contributed by atoms with Crippen LogP contribution in [0, 0.1) is 0 Å². The van der Waals surface area contributed by atoms with Crippen LogP contribution in [0.15, 0.2) is 35.0 Å². The van der Waals surface area contributed by atoms with Gasteiger partial charge in [0, 0.05) is 39.8 Å². The van der Waals surface area contributed by atoms with Crippen molar-refractivity contribution in [2.45, 2.75) is 57.7 Å². The minimum atomic E-state index is -0.325. The molecular weight excluding hydrogens is 342 g/mol. The van der Waals surface area contributed by atoms with Gasteiger partial charge in [0.15, 0.2) is 0 Å². The summed E-state index contributed by atoms with van der Waals surface area (Å²) in [7, 11) is 0. The van der Waals surface area contributed by atoms with Crippen molar-refractivity contribution in [2.75, 3.05) is 0 Å². The molecule has 7 nitrogen and oxygen atoms in total. The van der Waals surface area contributed by atoms with E-state index in [1.807, 2.05) is 30.5 Å². The van der Waals surface area contributed by atoms with Crippen LogP contribution in [0.4, 0.5) is 0 Å². The number of aromatic nitrogens is 3. The van der Waals surface area contributed by atoms with Crippen molar-refractivity contribution in [2.24, 2.45) is 0 Å². The van der Waals surface area contributed by atoms with Crippen LogP contribution in [-0.2, 0) is 0 Å². The van der Waals surface area contributed by atoms with Gasteiger partial charge in [0.25, 0.3) is 0 Å². The van der Waals surface area contributed by atoms with Crippen molar-refractivity contribution < 1.29 is 9.32 Å². The highest BCUT2D eigenvalue weighted by atomic mass is 16.5. The quantitative estimate of drug-likeness (QED) is 0.660. The predicted octanol–water partition coefficient (Wildman–Crippen LogP) is 3.26.